The smallest absolute Gasteiger partial charge is 0.257 e. The van der Waals surface area contributed by atoms with Crippen LogP contribution in [0.2, 0.25) is 5.02 Å². The van der Waals surface area contributed by atoms with Gasteiger partial charge in [-0.05, 0) is 47.5 Å². The maximum atomic E-state index is 13.7. The molecule has 1 aliphatic rings. The average molecular weight is 518 g/mol. The number of nitrogens with zero attached hydrogens (tertiary/aromatic N) is 3. The van der Waals surface area contributed by atoms with E-state index in [2.05, 4.69) is 20.6 Å². The Morgan fingerprint density at radius 3 is 2.64 bits per heavy atom. The molecule has 1 aliphatic heterocycles. The molecular weight excluding hydrogens is 498 g/mol. The minimum atomic E-state index is -0.777. The number of benzene rings is 2. The summed E-state index contributed by atoms with van der Waals surface area (Å²) in [7, 11) is 0. The van der Waals surface area contributed by atoms with E-state index in [0.717, 1.165) is 11.1 Å². The van der Waals surface area contributed by atoms with Crippen LogP contribution < -0.4 is 10.6 Å². The molecule has 10 heteroatoms. The van der Waals surface area contributed by atoms with Gasteiger partial charge >= 0.3 is 0 Å². The number of thiazole rings is 1. The molecule has 3 heterocycles. The van der Waals surface area contributed by atoms with Crippen molar-refractivity contribution in [2.45, 2.75) is 19.0 Å². The number of pyridine rings is 1. The number of hydrogen-bond acceptors (Lipinski definition) is 6. The van der Waals surface area contributed by atoms with Crippen molar-refractivity contribution in [1.82, 2.24) is 14.9 Å². The molecule has 5 rings (SSSR count). The van der Waals surface area contributed by atoms with Gasteiger partial charge in [-0.3, -0.25) is 24.7 Å². The van der Waals surface area contributed by atoms with Gasteiger partial charge in [-0.2, -0.15) is 0 Å². The summed E-state index contributed by atoms with van der Waals surface area (Å²) < 4.78 is 0. The lowest BCUT2D eigenvalue weighted by Crippen LogP contribution is -2.46. The molecule has 0 fully saturated rings. The number of rotatable bonds is 6. The van der Waals surface area contributed by atoms with Crippen molar-refractivity contribution in [3.8, 4) is 0 Å². The van der Waals surface area contributed by atoms with E-state index in [9.17, 15) is 14.4 Å². The first kappa shape index (κ1) is 23.7. The molecule has 3 amide bonds. The number of nitrogens with one attached hydrogen (secondary N) is 2. The zero-order valence-electron chi connectivity index (χ0n) is 18.8. The molecule has 2 N–H and O–H groups in total. The van der Waals surface area contributed by atoms with Crippen LogP contribution in [0.25, 0.3) is 0 Å². The molecule has 0 aliphatic carbocycles. The van der Waals surface area contributed by atoms with Crippen molar-refractivity contribution >= 4 is 51.5 Å². The predicted octanol–water partition coefficient (Wildman–Crippen LogP) is 4.65. The van der Waals surface area contributed by atoms with Gasteiger partial charge in [0.05, 0.1) is 11.3 Å². The van der Waals surface area contributed by atoms with Crippen molar-refractivity contribution in [2.75, 3.05) is 10.6 Å². The van der Waals surface area contributed by atoms with E-state index in [4.69, 9.17) is 11.6 Å². The van der Waals surface area contributed by atoms with Crippen molar-refractivity contribution in [2.24, 2.45) is 0 Å². The van der Waals surface area contributed by atoms with Crippen LogP contribution in [0, 0.1) is 0 Å². The first-order chi connectivity index (χ1) is 17.5. The number of amides is 3. The highest BCUT2D eigenvalue weighted by Crippen LogP contribution is 2.29. The highest BCUT2D eigenvalue weighted by molar-refractivity contribution is 7.13. The van der Waals surface area contributed by atoms with E-state index in [-0.39, 0.29) is 24.3 Å². The maximum Gasteiger partial charge on any atom is 0.257 e. The van der Waals surface area contributed by atoms with Gasteiger partial charge in [0, 0.05) is 47.5 Å². The molecule has 4 aromatic rings. The third kappa shape index (κ3) is 5.12. The highest BCUT2D eigenvalue weighted by Gasteiger charge is 2.35. The van der Waals surface area contributed by atoms with Crippen molar-refractivity contribution < 1.29 is 14.4 Å². The summed E-state index contributed by atoms with van der Waals surface area (Å²) in [5.41, 5.74) is 2.80. The Bertz CT molecular complexity index is 1410. The number of anilines is 2. The quantitative estimate of drug-likeness (QED) is 0.387. The molecule has 0 spiro atoms. The number of halogens is 1. The fraction of sp³-hybridized carbons (Fsp3) is 0.115. The Hall–Kier alpha value is -4.08. The van der Waals surface area contributed by atoms with E-state index in [0.29, 0.717) is 33.4 Å². The van der Waals surface area contributed by atoms with Crippen LogP contribution in [0.4, 0.5) is 10.8 Å². The van der Waals surface area contributed by atoms with Crippen LogP contribution in [0.5, 0.6) is 0 Å². The number of hydrogen-bond donors (Lipinski definition) is 2. The Kier molecular flexibility index (Phi) is 6.75. The molecule has 36 heavy (non-hydrogen) atoms. The molecule has 2 aromatic heterocycles. The lowest BCUT2D eigenvalue weighted by atomic mass is 10.0. The minimum absolute atomic E-state index is 0.174. The fourth-order valence-electron chi connectivity index (χ4n) is 4.00. The van der Waals surface area contributed by atoms with Crippen LogP contribution >= 0.6 is 22.9 Å². The first-order valence-electron chi connectivity index (χ1n) is 11.1. The lowest BCUT2D eigenvalue weighted by Gasteiger charge is -2.29. The summed E-state index contributed by atoms with van der Waals surface area (Å²) in [6.45, 7) is 0.174. The molecule has 0 bridgehead atoms. The second-order valence-corrected chi connectivity index (χ2v) is 9.51. The average Bonchev–Trinajstić information content (AvgIpc) is 3.37. The molecule has 1 unspecified atom stereocenters. The van der Waals surface area contributed by atoms with Crippen molar-refractivity contribution in [1.29, 1.82) is 0 Å². The number of carbonyl (C=O) groups excluding carboxylic acids is 3. The molecular formula is C26H20ClN5O3S. The van der Waals surface area contributed by atoms with Gasteiger partial charge in [0.1, 0.15) is 6.04 Å². The zero-order valence-corrected chi connectivity index (χ0v) is 20.4. The molecule has 0 saturated carbocycles. The van der Waals surface area contributed by atoms with Crippen molar-refractivity contribution in [3.05, 3.63) is 106 Å². The van der Waals surface area contributed by atoms with Crippen LogP contribution in [0.1, 0.15) is 31.8 Å². The highest BCUT2D eigenvalue weighted by atomic mass is 35.5. The van der Waals surface area contributed by atoms with Gasteiger partial charge in [0.15, 0.2) is 5.13 Å². The molecule has 1 atom stereocenters. The summed E-state index contributed by atoms with van der Waals surface area (Å²) in [5, 5.41) is 8.32. The Morgan fingerprint density at radius 2 is 1.92 bits per heavy atom. The number of carbonyl (C=O) groups is 3. The minimum Gasteiger partial charge on any atom is -0.323 e. The Labute approximate surface area is 216 Å². The second kappa shape index (κ2) is 10.3. The lowest BCUT2D eigenvalue weighted by molar-refractivity contribution is -0.120. The van der Waals surface area contributed by atoms with E-state index < -0.39 is 6.04 Å². The molecule has 180 valence electrons. The summed E-state index contributed by atoms with van der Waals surface area (Å²) >= 11 is 7.46. The third-order valence-electron chi connectivity index (χ3n) is 5.78. The summed E-state index contributed by atoms with van der Waals surface area (Å²) in [6, 6.07) is 14.6. The Balaban J connectivity index is 1.43. The van der Waals surface area contributed by atoms with E-state index in [1.807, 2.05) is 6.07 Å². The zero-order chi connectivity index (χ0) is 25.1. The molecule has 2 aromatic carbocycles. The van der Waals surface area contributed by atoms with E-state index in [1.54, 1.807) is 77.4 Å². The van der Waals surface area contributed by atoms with Crippen LogP contribution in [-0.2, 0) is 17.8 Å². The van der Waals surface area contributed by atoms with Crippen LogP contribution in [0.3, 0.4) is 0 Å². The fourth-order valence-corrected chi connectivity index (χ4v) is 4.70. The molecule has 8 nitrogen and oxygen atoms in total. The SMILES string of the molecule is O=C(Nc1nccs1)c1ccc(CN2C(=O)c3ccc(Cl)cc3NC(=O)C2Cc2cccnc2)cc1. The van der Waals surface area contributed by atoms with Crippen molar-refractivity contribution in [3.63, 3.8) is 0 Å². The topological polar surface area (TPSA) is 104 Å². The Morgan fingerprint density at radius 1 is 1.08 bits per heavy atom. The maximum absolute atomic E-state index is 13.7. The standard InChI is InChI=1S/C26H20ClN5O3S/c27-19-7-8-20-21(13-19)30-24(34)22(12-17-2-1-9-28-14-17)32(25(20)35)15-16-3-5-18(6-4-16)23(33)31-26-29-10-11-36-26/h1-11,13-14,22H,12,15H2,(H,30,34)(H,29,31,33). The number of fused-ring (bicyclic) bond motifs is 1. The molecule has 0 saturated heterocycles. The van der Waals surface area contributed by atoms with E-state index >= 15 is 0 Å². The van der Waals surface area contributed by atoms with Gasteiger partial charge in [-0.25, -0.2) is 4.98 Å². The van der Waals surface area contributed by atoms with Gasteiger partial charge in [-0.15, -0.1) is 11.3 Å². The second-order valence-electron chi connectivity index (χ2n) is 8.18. The van der Waals surface area contributed by atoms with Gasteiger partial charge in [0.25, 0.3) is 11.8 Å². The predicted molar refractivity (Wildman–Crippen MR) is 138 cm³/mol. The summed E-state index contributed by atoms with van der Waals surface area (Å²) in [6.07, 6.45) is 5.25. The molecule has 0 radical (unpaired) electrons. The van der Waals surface area contributed by atoms with Gasteiger partial charge in [-0.1, -0.05) is 29.8 Å². The van der Waals surface area contributed by atoms with Gasteiger partial charge in [0.2, 0.25) is 5.91 Å². The number of aromatic nitrogens is 2. The van der Waals surface area contributed by atoms with Gasteiger partial charge < -0.3 is 10.2 Å². The van der Waals surface area contributed by atoms with Crippen LogP contribution in [0.15, 0.2) is 78.6 Å². The third-order valence-corrected chi connectivity index (χ3v) is 6.71. The van der Waals surface area contributed by atoms with E-state index in [1.165, 1.54) is 11.3 Å². The first-order valence-corrected chi connectivity index (χ1v) is 12.3. The normalized spacial score (nSPS) is 15.1. The largest absolute Gasteiger partial charge is 0.323 e. The van der Waals surface area contributed by atoms with Crippen LogP contribution in [-0.4, -0.2) is 38.6 Å². The summed E-state index contributed by atoms with van der Waals surface area (Å²) in [4.78, 5) is 49.2. The monoisotopic (exact) mass is 517 g/mol. The summed E-state index contributed by atoms with van der Waals surface area (Å²) in [5.74, 6) is -0.880.